The molecule has 1 aliphatic rings. The smallest absolute Gasteiger partial charge is 0.230 e. The molecule has 2 rings (SSSR count). The van der Waals surface area contributed by atoms with Crippen LogP contribution in [0.4, 0.5) is 0 Å². The van der Waals surface area contributed by atoms with E-state index in [0.717, 1.165) is 31.0 Å². The molecule has 2 heterocycles. The van der Waals surface area contributed by atoms with Crippen molar-refractivity contribution in [2.24, 2.45) is 11.8 Å². The number of carbonyl (C=O) groups excluding carboxylic acids is 1. The number of likely N-dealkylation sites (tertiary alicyclic amines) is 1. The number of carbonyl (C=O) groups is 1. The summed E-state index contributed by atoms with van der Waals surface area (Å²) < 4.78 is 0. The summed E-state index contributed by atoms with van der Waals surface area (Å²) in [6.07, 6.45) is 1.96. The van der Waals surface area contributed by atoms with Crippen LogP contribution in [-0.2, 0) is 11.3 Å². The Morgan fingerprint density at radius 1 is 1.55 bits per heavy atom. The fourth-order valence-corrected chi connectivity index (χ4v) is 3.38. The first kappa shape index (κ1) is 19.3. The summed E-state index contributed by atoms with van der Waals surface area (Å²) in [6.45, 7) is 9.27. The summed E-state index contributed by atoms with van der Waals surface area (Å²) in [5.74, 6) is 1.77. The predicted molar refractivity (Wildman–Crippen MR) is 94.5 cm³/mol. The van der Waals surface area contributed by atoms with E-state index in [1.54, 1.807) is 11.8 Å². The van der Waals surface area contributed by atoms with Gasteiger partial charge >= 0.3 is 0 Å². The van der Waals surface area contributed by atoms with E-state index in [0.29, 0.717) is 17.6 Å². The van der Waals surface area contributed by atoms with Crippen LogP contribution in [0.3, 0.4) is 0 Å². The van der Waals surface area contributed by atoms with Gasteiger partial charge in [0.25, 0.3) is 0 Å². The van der Waals surface area contributed by atoms with Crippen LogP contribution in [0.15, 0.2) is 6.07 Å². The molecule has 1 amide bonds. The number of H-pyrrole nitrogens is 1. The minimum atomic E-state index is 0. The summed E-state index contributed by atoms with van der Waals surface area (Å²) in [7, 11) is 0. The number of thioether (sulfide) groups is 1. The Morgan fingerprint density at radius 3 is 2.82 bits per heavy atom. The van der Waals surface area contributed by atoms with E-state index < -0.39 is 0 Å². The molecule has 0 bridgehead atoms. The number of rotatable bonds is 6. The Balaban J connectivity index is 0.00000242. The van der Waals surface area contributed by atoms with Crippen LogP contribution in [0.25, 0.3) is 0 Å². The van der Waals surface area contributed by atoms with Crippen molar-refractivity contribution in [2.45, 2.75) is 33.4 Å². The summed E-state index contributed by atoms with van der Waals surface area (Å²) in [4.78, 5) is 14.3. The molecule has 1 aromatic heterocycles. The van der Waals surface area contributed by atoms with Crippen molar-refractivity contribution < 1.29 is 4.79 Å². The van der Waals surface area contributed by atoms with Gasteiger partial charge in [-0.15, -0.1) is 12.4 Å². The summed E-state index contributed by atoms with van der Waals surface area (Å²) >= 11 is 1.57. The molecule has 1 saturated heterocycles. The highest BCUT2D eigenvalue weighted by Crippen LogP contribution is 2.25. The second kappa shape index (κ2) is 8.79. The number of nitrogens with one attached hydrogen (secondary N) is 2. The predicted octanol–water partition coefficient (Wildman–Crippen LogP) is 2.08. The fraction of sp³-hybridized carbons (Fsp3) is 0.733. The minimum absolute atomic E-state index is 0. The monoisotopic (exact) mass is 346 g/mol. The molecule has 0 aliphatic carbocycles. The van der Waals surface area contributed by atoms with Gasteiger partial charge in [-0.3, -0.25) is 14.8 Å². The van der Waals surface area contributed by atoms with E-state index in [2.05, 4.69) is 40.3 Å². The van der Waals surface area contributed by atoms with Gasteiger partial charge in [-0.2, -0.15) is 16.9 Å². The van der Waals surface area contributed by atoms with Gasteiger partial charge in [0.15, 0.2) is 0 Å². The minimum Gasteiger partial charge on any atom is -0.351 e. The highest BCUT2D eigenvalue weighted by molar-refractivity contribution is 7.99. The standard InChI is InChI=1S/C15H26N4OS.ClH/c1-10(2)13-7-19(6-12-5-11(3)17-18-12)8-14(13)16-15(20)9-21-4;/h5,10,13-14H,6-9H2,1-4H3,(H,16,20)(H,17,18);1H/t13-,14+;/m1./s1. The maximum Gasteiger partial charge on any atom is 0.230 e. The zero-order valence-corrected chi connectivity index (χ0v) is 15.4. The average molecular weight is 347 g/mol. The van der Waals surface area contributed by atoms with Gasteiger partial charge in [0, 0.05) is 31.4 Å². The van der Waals surface area contributed by atoms with Crippen molar-refractivity contribution in [3.8, 4) is 0 Å². The number of nitrogens with zero attached hydrogens (tertiary/aromatic N) is 2. The van der Waals surface area contributed by atoms with Gasteiger partial charge in [0.1, 0.15) is 0 Å². The highest BCUT2D eigenvalue weighted by atomic mass is 35.5. The van der Waals surface area contributed by atoms with Crippen molar-refractivity contribution >= 4 is 30.1 Å². The van der Waals surface area contributed by atoms with Crippen LogP contribution in [0, 0.1) is 18.8 Å². The number of hydrogen-bond acceptors (Lipinski definition) is 4. The summed E-state index contributed by atoms with van der Waals surface area (Å²) in [6, 6.07) is 2.34. The van der Waals surface area contributed by atoms with E-state index in [9.17, 15) is 4.79 Å². The van der Waals surface area contributed by atoms with Crippen LogP contribution in [0.2, 0.25) is 0 Å². The van der Waals surface area contributed by atoms with Crippen molar-refractivity contribution in [1.29, 1.82) is 0 Å². The van der Waals surface area contributed by atoms with E-state index in [-0.39, 0.29) is 24.4 Å². The third-order valence-electron chi connectivity index (χ3n) is 4.06. The van der Waals surface area contributed by atoms with Crippen LogP contribution in [0.1, 0.15) is 25.2 Å². The van der Waals surface area contributed by atoms with E-state index in [1.807, 2.05) is 13.2 Å². The topological polar surface area (TPSA) is 61.0 Å². The first-order chi connectivity index (χ1) is 9.99. The molecule has 1 aromatic rings. The maximum absolute atomic E-state index is 11.9. The van der Waals surface area contributed by atoms with Crippen LogP contribution >= 0.6 is 24.2 Å². The SMILES string of the molecule is CSCC(=O)N[C@H]1CN(Cc2cc(C)[nH]n2)C[C@@H]1C(C)C.Cl. The molecule has 22 heavy (non-hydrogen) atoms. The van der Waals surface area contributed by atoms with Gasteiger partial charge in [-0.25, -0.2) is 0 Å². The van der Waals surface area contributed by atoms with Crippen LogP contribution in [0.5, 0.6) is 0 Å². The molecule has 0 unspecified atom stereocenters. The van der Waals surface area contributed by atoms with E-state index in [1.165, 1.54) is 0 Å². The number of aromatic amines is 1. The lowest BCUT2D eigenvalue weighted by Crippen LogP contribution is -2.42. The molecular weight excluding hydrogens is 320 g/mol. The molecule has 2 N–H and O–H groups in total. The lowest BCUT2D eigenvalue weighted by Gasteiger charge is -2.22. The number of halogens is 1. The number of aryl methyl sites for hydroxylation is 1. The second-order valence-electron chi connectivity index (χ2n) is 6.25. The lowest BCUT2D eigenvalue weighted by atomic mass is 9.91. The lowest BCUT2D eigenvalue weighted by molar-refractivity contribution is -0.119. The number of amides is 1. The van der Waals surface area contributed by atoms with Gasteiger partial charge in [-0.05, 0) is 31.1 Å². The second-order valence-corrected chi connectivity index (χ2v) is 7.12. The molecule has 7 heteroatoms. The van der Waals surface area contributed by atoms with Crippen molar-refractivity contribution in [3.63, 3.8) is 0 Å². The van der Waals surface area contributed by atoms with Gasteiger partial charge in [0.2, 0.25) is 5.91 Å². The number of hydrogen-bond donors (Lipinski definition) is 2. The Kier molecular flexibility index (Phi) is 7.72. The third-order valence-corrected chi connectivity index (χ3v) is 4.61. The molecule has 1 aliphatic heterocycles. The normalized spacial score (nSPS) is 21.9. The molecule has 1 fully saturated rings. The Morgan fingerprint density at radius 2 is 2.27 bits per heavy atom. The zero-order chi connectivity index (χ0) is 15.4. The molecule has 0 aromatic carbocycles. The fourth-order valence-electron chi connectivity index (χ4n) is 3.03. The molecule has 5 nitrogen and oxygen atoms in total. The van der Waals surface area contributed by atoms with Crippen molar-refractivity contribution in [2.75, 3.05) is 25.1 Å². The van der Waals surface area contributed by atoms with Gasteiger partial charge in [-0.1, -0.05) is 13.8 Å². The first-order valence-corrected chi connectivity index (χ1v) is 8.90. The molecule has 0 radical (unpaired) electrons. The Labute approximate surface area is 143 Å². The maximum atomic E-state index is 11.9. The third kappa shape index (κ3) is 5.18. The molecular formula is C15H27ClN4OS. The largest absolute Gasteiger partial charge is 0.351 e. The highest BCUT2D eigenvalue weighted by Gasteiger charge is 2.35. The first-order valence-electron chi connectivity index (χ1n) is 7.51. The van der Waals surface area contributed by atoms with Gasteiger partial charge < -0.3 is 5.32 Å². The Bertz CT molecular complexity index is 480. The van der Waals surface area contributed by atoms with Crippen molar-refractivity contribution in [1.82, 2.24) is 20.4 Å². The number of aromatic nitrogens is 2. The van der Waals surface area contributed by atoms with Crippen LogP contribution in [-0.4, -0.2) is 52.1 Å². The van der Waals surface area contributed by atoms with Crippen LogP contribution < -0.4 is 5.32 Å². The van der Waals surface area contributed by atoms with E-state index in [4.69, 9.17) is 0 Å². The molecule has 126 valence electrons. The zero-order valence-electron chi connectivity index (χ0n) is 13.8. The Hall–Kier alpha value is -0.720. The summed E-state index contributed by atoms with van der Waals surface area (Å²) in [5, 5.41) is 10.5. The summed E-state index contributed by atoms with van der Waals surface area (Å²) in [5.41, 5.74) is 2.17. The van der Waals surface area contributed by atoms with Crippen molar-refractivity contribution in [3.05, 3.63) is 17.5 Å². The van der Waals surface area contributed by atoms with E-state index >= 15 is 0 Å². The quantitative estimate of drug-likeness (QED) is 0.827. The van der Waals surface area contributed by atoms with Gasteiger partial charge in [0.05, 0.1) is 11.4 Å². The average Bonchev–Trinajstić information content (AvgIpc) is 2.97. The molecule has 0 saturated carbocycles. The molecule has 0 spiro atoms. The molecule has 2 atom stereocenters.